The number of amides is 1. The van der Waals surface area contributed by atoms with Gasteiger partial charge < -0.3 is 18.9 Å². The van der Waals surface area contributed by atoms with E-state index in [0.717, 1.165) is 28.4 Å². The molecule has 1 aliphatic heterocycles. The summed E-state index contributed by atoms with van der Waals surface area (Å²) in [4.78, 5) is 26.3. The number of hydrogen-bond donors (Lipinski definition) is 0. The van der Waals surface area contributed by atoms with E-state index in [-0.39, 0.29) is 23.4 Å². The summed E-state index contributed by atoms with van der Waals surface area (Å²) in [5.74, 6) is 0.0424. The topological polar surface area (TPSA) is 84.6 Å². The van der Waals surface area contributed by atoms with Gasteiger partial charge in [-0.1, -0.05) is 0 Å². The minimum Gasteiger partial charge on any atom is -0.497 e. The summed E-state index contributed by atoms with van der Waals surface area (Å²) in [5, 5.41) is 9.65. The third-order valence-corrected chi connectivity index (χ3v) is 5.77. The maximum Gasteiger partial charge on any atom is 0.308 e. The van der Waals surface area contributed by atoms with Crippen LogP contribution in [0.2, 0.25) is 0 Å². The van der Waals surface area contributed by atoms with Crippen LogP contribution in [0.3, 0.4) is 0 Å². The Morgan fingerprint density at radius 2 is 1.77 bits per heavy atom. The third-order valence-electron chi connectivity index (χ3n) is 5.77. The van der Waals surface area contributed by atoms with Crippen LogP contribution in [-0.2, 0) is 14.3 Å². The number of methoxy groups -OCH3 is 2. The van der Waals surface area contributed by atoms with Crippen LogP contribution in [0, 0.1) is 31.1 Å². The van der Waals surface area contributed by atoms with Gasteiger partial charge in [-0.2, -0.15) is 5.26 Å². The molecule has 2 aromatic rings. The number of carbonyl (C=O) groups is 2. The Bertz CT molecular complexity index is 1040. The van der Waals surface area contributed by atoms with Crippen LogP contribution in [0.1, 0.15) is 29.8 Å². The Balaban J connectivity index is 1.82. The number of rotatable bonds is 5. The monoisotopic (exact) mass is 421 g/mol. The lowest BCUT2D eigenvalue weighted by Crippen LogP contribution is -2.41. The van der Waals surface area contributed by atoms with Gasteiger partial charge in [-0.05, 0) is 68.7 Å². The summed E-state index contributed by atoms with van der Waals surface area (Å²) >= 11 is 0. The standard InChI is InChI=1S/C24H27N3O4/c1-16-13-19(17(2)27(16)21-5-7-22(30-3)8-6-21)14-20(15-25)23(28)26-11-9-18(10-12-26)24(29)31-4/h5-8,13-14,18H,9-12H2,1-4H3/b20-14+. The van der Waals surface area contributed by atoms with Crippen molar-refractivity contribution in [3.05, 3.63) is 52.9 Å². The van der Waals surface area contributed by atoms with Crippen LogP contribution in [0.15, 0.2) is 35.9 Å². The molecule has 31 heavy (non-hydrogen) atoms. The van der Waals surface area contributed by atoms with Gasteiger partial charge in [0, 0.05) is 30.2 Å². The zero-order chi connectivity index (χ0) is 22.5. The van der Waals surface area contributed by atoms with Crippen molar-refractivity contribution in [2.75, 3.05) is 27.3 Å². The van der Waals surface area contributed by atoms with Crippen molar-refractivity contribution in [1.29, 1.82) is 5.26 Å². The molecule has 1 fully saturated rings. The lowest BCUT2D eigenvalue weighted by atomic mass is 9.96. The van der Waals surface area contributed by atoms with E-state index < -0.39 is 0 Å². The second-order valence-electron chi connectivity index (χ2n) is 7.62. The second kappa shape index (κ2) is 9.52. The Kier molecular flexibility index (Phi) is 6.81. The largest absolute Gasteiger partial charge is 0.497 e. The molecule has 7 nitrogen and oxygen atoms in total. The average molecular weight is 421 g/mol. The number of piperidine rings is 1. The van der Waals surface area contributed by atoms with Gasteiger partial charge in [0.25, 0.3) is 5.91 Å². The van der Waals surface area contributed by atoms with E-state index in [9.17, 15) is 14.9 Å². The van der Waals surface area contributed by atoms with Gasteiger partial charge in [0.05, 0.1) is 20.1 Å². The maximum atomic E-state index is 12.9. The van der Waals surface area contributed by atoms with Crippen molar-refractivity contribution in [1.82, 2.24) is 9.47 Å². The van der Waals surface area contributed by atoms with Gasteiger partial charge in [-0.3, -0.25) is 9.59 Å². The van der Waals surface area contributed by atoms with Gasteiger partial charge in [0.15, 0.2) is 0 Å². The number of nitrogens with zero attached hydrogens (tertiary/aromatic N) is 3. The third kappa shape index (κ3) is 4.64. The SMILES string of the molecule is COC(=O)C1CCN(C(=O)/C(C#N)=C/c2cc(C)n(-c3ccc(OC)cc3)c2C)CC1. The molecule has 1 saturated heterocycles. The molecule has 0 N–H and O–H groups in total. The average Bonchev–Trinajstić information content (AvgIpc) is 3.09. The number of carbonyl (C=O) groups excluding carboxylic acids is 2. The number of ether oxygens (including phenoxy) is 2. The number of aryl methyl sites for hydroxylation is 1. The van der Waals surface area contributed by atoms with Gasteiger partial charge in [-0.25, -0.2) is 0 Å². The first-order chi connectivity index (χ1) is 14.9. The first kappa shape index (κ1) is 22.2. The lowest BCUT2D eigenvalue weighted by molar-refractivity contribution is -0.148. The van der Waals surface area contributed by atoms with Crippen molar-refractivity contribution >= 4 is 18.0 Å². The van der Waals surface area contributed by atoms with Crippen LogP contribution in [-0.4, -0.2) is 48.7 Å². The fourth-order valence-corrected chi connectivity index (χ4v) is 4.01. The molecular formula is C24H27N3O4. The van der Waals surface area contributed by atoms with E-state index in [1.54, 1.807) is 18.1 Å². The van der Waals surface area contributed by atoms with Crippen molar-refractivity contribution in [3.63, 3.8) is 0 Å². The summed E-state index contributed by atoms with van der Waals surface area (Å²) in [6.07, 6.45) is 2.74. The Morgan fingerprint density at radius 3 is 2.32 bits per heavy atom. The highest BCUT2D eigenvalue weighted by molar-refractivity contribution is 6.02. The summed E-state index contributed by atoms with van der Waals surface area (Å²) in [6.45, 7) is 4.81. The molecule has 1 aliphatic rings. The number of esters is 1. The maximum absolute atomic E-state index is 12.9. The first-order valence-corrected chi connectivity index (χ1v) is 10.2. The predicted octanol–water partition coefficient (Wildman–Crippen LogP) is 3.42. The van der Waals surface area contributed by atoms with E-state index in [4.69, 9.17) is 9.47 Å². The molecule has 7 heteroatoms. The fraction of sp³-hybridized carbons (Fsp3) is 0.375. The summed E-state index contributed by atoms with van der Waals surface area (Å²) in [5.41, 5.74) is 3.82. The zero-order valence-corrected chi connectivity index (χ0v) is 18.3. The van der Waals surface area contributed by atoms with Crippen molar-refractivity contribution < 1.29 is 19.1 Å². The minimum atomic E-state index is -0.305. The van der Waals surface area contributed by atoms with Crippen molar-refractivity contribution in [3.8, 4) is 17.5 Å². The van der Waals surface area contributed by atoms with Gasteiger partial charge in [0.1, 0.15) is 17.4 Å². The molecule has 0 unspecified atom stereocenters. The Morgan fingerprint density at radius 1 is 1.13 bits per heavy atom. The Labute approximate surface area is 182 Å². The Hall–Kier alpha value is -3.53. The van der Waals surface area contributed by atoms with E-state index in [2.05, 4.69) is 10.6 Å². The van der Waals surface area contributed by atoms with Crippen LogP contribution in [0.5, 0.6) is 5.75 Å². The quantitative estimate of drug-likeness (QED) is 0.420. The summed E-state index contributed by atoms with van der Waals surface area (Å²) < 4.78 is 12.1. The highest BCUT2D eigenvalue weighted by atomic mass is 16.5. The summed E-state index contributed by atoms with van der Waals surface area (Å²) in [7, 11) is 3.00. The lowest BCUT2D eigenvalue weighted by Gasteiger charge is -2.30. The normalized spacial score (nSPS) is 14.8. The number of nitriles is 1. The van der Waals surface area contributed by atoms with Crippen molar-refractivity contribution in [2.24, 2.45) is 5.92 Å². The number of hydrogen-bond acceptors (Lipinski definition) is 5. The van der Waals surface area contributed by atoms with Gasteiger partial charge >= 0.3 is 5.97 Å². The van der Waals surface area contributed by atoms with Gasteiger partial charge in [0.2, 0.25) is 0 Å². The number of benzene rings is 1. The smallest absolute Gasteiger partial charge is 0.308 e. The van der Waals surface area contributed by atoms with Crippen LogP contribution >= 0.6 is 0 Å². The second-order valence-corrected chi connectivity index (χ2v) is 7.62. The molecular weight excluding hydrogens is 394 g/mol. The number of likely N-dealkylation sites (tertiary alicyclic amines) is 1. The predicted molar refractivity (Wildman–Crippen MR) is 117 cm³/mol. The van der Waals surface area contributed by atoms with Crippen LogP contribution in [0.4, 0.5) is 0 Å². The molecule has 0 atom stereocenters. The van der Waals surface area contributed by atoms with E-state index >= 15 is 0 Å². The molecule has 162 valence electrons. The van der Waals surface area contributed by atoms with Crippen LogP contribution < -0.4 is 4.74 Å². The molecule has 1 aromatic heterocycles. The fourth-order valence-electron chi connectivity index (χ4n) is 4.01. The van der Waals surface area contributed by atoms with E-state index in [1.165, 1.54) is 7.11 Å². The van der Waals surface area contributed by atoms with E-state index in [1.807, 2.05) is 44.2 Å². The molecule has 1 amide bonds. The van der Waals surface area contributed by atoms with Crippen LogP contribution in [0.25, 0.3) is 11.8 Å². The van der Waals surface area contributed by atoms with Gasteiger partial charge in [-0.15, -0.1) is 0 Å². The van der Waals surface area contributed by atoms with Crippen molar-refractivity contribution in [2.45, 2.75) is 26.7 Å². The molecule has 1 aromatic carbocycles. The summed E-state index contributed by atoms with van der Waals surface area (Å²) in [6, 6.07) is 11.7. The highest BCUT2D eigenvalue weighted by Gasteiger charge is 2.29. The minimum absolute atomic E-state index is 0.0894. The molecule has 0 saturated carbocycles. The molecule has 2 heterocycles. The van der Waals surface area contributed by atoms with E-state index in [0.29, 0.717) is 25.9 Å². The molecule has 0 bridgehead atoms. The molecule has 0 aliphatic carbocycles. The highest BCUT2D eigenvalue weighted by Crippen LogP contribution is 2.25. The first-order valence-electron chi connectivity index (χ1n) is 10.2. The molecule has 0 radical (unpaired) electrons. The zero-order valence-electron chi connectivity index (χ0n) is 18.3. The molecule has 3 rings (SSSR count). The number of aromatic nitrogens is 1. The molecule has 0 spiro atoms.